The number of hydrogen-bond acceptors (Lipinski definition) is 2. The Kier molecular flexibility index (Phi) is 16.5. The zero-order valence-electron chi connectivity index (χ0n) is 39.9. The zero-order chi connectivity index (χ0) is 48.1. The smallest absolute Gasteiger partial charge is 0.0701 e. The summed E-state index contributed by atoms with van der Waals surface area (Å²) in [6.07, 6.45) is 11.5. The number of nitrogens with zero attached hydrogens (tertiary/aromatic N) is 2. The van der Waals surface area contributed by atoms with Gasteiger partial charge >= 0.3 is 0 Å². The van der Waals surface area contributed by atoms with Crippen LogP contribution < -0.4 is 10.4 Å². The molecule has 0 fully saturated rings. The lowest BCUT2D eigenvalue weighted by Gasteiger charge is -2.00. The van der Waals surface area contributed by atoms with Gasteiger partial charge in [0.05, 0.1) is 11.2 Å². The van der Waals surface area contributed by atoms with E-state index in [4.69, 9.17) is 0 Å². The molecule has 1 aromatic heterocycles. The summed E-state index contributed by atoms with van der Waals surface area (Å²) in [7, 11) is 0. The standard InChI is InChI=1S/C14H10.C13H10.C10H8.C9H7N.C9H8.C8H7N.C6H6/c1-2-6-12-10-14-8-4-3-7-13(14)9-11(12)5-1;1-3-7-12-10(5-1)9-11-6-2-4-8-13(11)12;1-2-6-10-8-4-3-7-9(10)5-1;1-2-6-9-8(4-1)5-3-7-10-9;1-2-5-9-7-3-6-8(9)4-1;1-2-4-8-7(3-1)5-6-9-8;1-2-4-6-5-3-1/h1-10H;1-8H,9H2;1-8H;1-7H;1-2,4-7H,3H2;1-4,6H,5H2;1-6H. The van der Waals surface area contributed by atoms with Crippen molar-refractivity contribution in [3.63, 3.8) is 0 Å². The lowest BCUT2D eigenvalue weighted by molar-refractivity contribution is 1.26. The third kappa shape index (κ3) is 13.2. The SMILES string of the molecule is C1=Nc2ccccc2C1.C1=c2ccccc2=CC1.c1ccc2c(c1)Cc1ccccc1-2.c1ccc2cc3ccccc3cc2c1.c1ccc2ccccc2c1.c1ccc2ncccc2c1.c1ccccc1. The second-order valence-corrected chi connectivity index (χ2v) is 17.2. The van der Waals surface area contributed by atoms with Crippen LogP contribution in [0.4, 0.5) is 5.69 Å². The predicted molar refractivity (Wildman–Crippen MR) is 306 cm³/mol. The molecular formula is C69H56N2. The quantitative estimate of drug-likeness (QED) is 0.139. The molecule has 2 nitrogen and oxygen atoms in total. The van der Waals surface area contributed by atoms with E-state index >= 15 is 0 Å². The van der Waals surface area contributed by atoms with Gasteiger partial charge in [0, 0.05) is 24.2 Å². The van der Waals surface area contributed by atoms with Crippen LogP contribution in [0.5, 0.6) is 0 Å². The van der Waals surface area contributed by atoms with Crippen molar-refractivity contribution >= 4 is 67.3 Å². The minimum Gasteiger partial charge on any atom is -0.261 e. The average molecular weight is 913 g/mol. The number of pyridine rings is 1. The fraction of sp³-hybridized carbons (Fsp3) is 0.0435. The molecule has 0 saturated carbocycles. The van der Waals surface area contributed by atoms with Crippen molar-refractivity contribution in [3.05, 3.63) is 312 Å². The largest absolute Gasteiger partial charge is 0.261 e. The van der Waals surface area contributed by atoms with Gasteiger partial charge in [0.1, 0.15) is 0 Å². The lowest BCUT2D eigenvalue weighted by atomic mass is 10.0. The second kappa shape index (κ2) is 24.9. The highest BCUT2D eigenvalue weighted by Gasteiger charge is 2.16. The maximum Gasteiger partial charge on any atom is 0.0701 e. The van der Waals surface area contributed by atoms with E-state index in [1.165, 1.54) is 76.0 Å². The molecule has 0 bridgehead atoms. The molecule has 71 heavy (non-hydrogen) atoms. The molecule has 0 N–H and O–H groups in total. The van der Waals surface area contributed by atoms with Crippen molar-refractivity contribution in [2.45, 2.75) is 19.3 Å². The van der Waals surface area contributed by atoms with Crippen molar-refractivity contribution in [1.82, 2.24) is 4.98 Å². The summed E-state index contributed by atoms with van der Waals surface area (Å²) in [6, 6.07) is 96.2. The van der Waals surface area contributed by atoms with Gasteiger partial charge in [-0.05, 0) is 114 Å². The fourth-order valence-corrected chi connectivity index (χ4v) is 8.74. The molecular weight excluding hydrogens is 857 g/mol. The van der Waals surface area contributed by atoms with Crippen molar-refractivity contribution in [1.29, 1.82) is 0 Å². The van der Waals surface area contributed by atoms with Crippen LogP contribution in [0.25, 0.3) is 66.5 Å². The van der Waals surface area contributed by atoms with Gasteiger partial charge in [0.25, 0.3) is 0 Å². The lowest BCUT2D eigenvalue weighted by Crippen LogP contribution is -2.19. The predicted octanol–water partition coefficient (Wildman–Crippen LogP) is 16.6. The molecule has 15 rings (SSSR count). The number of aromatic nitrogens is 1. The van der Waals surface area contributed by atoms with Crippen molar-refractivity contribution in [2.75, 3.05) is 0 Å². The molecule has 0 unspecified atom stereocenters. The van der Waals surface area contributed by atoms with Gasteiger partial charge in [-0.25, -0.2) is 0 Å². The number of aliphatic imine (C=N–C) groups is 1. The van der Waals surface area contributed by atoms with Gasteiger partial charge in [-0.1, -0.05) is 261 Å². The second-order valence-electron chi connectivity index (χ2n) is 17.2. The molecule has 11 aromatic carbocycles. The fourth-order valence-electron chi connectivity index (χ4n) is 8.74. The molecule has 0 amide bonds. The monoisotopic (exact) mass is 912 g/mol. The van der Waals surface area contributed by atoms with E-state index in [9.17, 15) is 0 Å². The molecule has 3 aliphatic rings. The molecule has 2 aliphatic carbocycles. The molecule has 0 spiro atoms. The highest BCUT2D eigenvalue weighted by atomic mass is 14.7. The Labute approximate surface area is 418 Å². The first-order chi connectivity index (χ1) is 35.2. The van der Waals surface area contributed by atoms with E-state index in [1.54, 1.807) is 0 Å². The van der Waals surface area contributed by atoms with Crippen LogP contribution in [0.3, 0.4) is 0 Å². The molecule has 0 radical (unpaired) electrons. The third-order valence-corrected chi connectivity index (χ3v) is 12.4. The van der Waals surface area contributed by atoms with Gasteiger partial charge in [0.15, 0.2) is 0 Å². The summed E-state index contributed by atoms with van der Waals surface area (Å²) >= 11 is 0. The summed E-state index contributed by atoms with van der Waals surface area (Å²) in [5, 5.41) is 11.8. The van der Waals surface area contributed by atoms with Crippen LogP contribution in [0, 0.1) is 0 Å². The van der Waals surface area contributed by atoms with Gasteiger partial charge in [-0.3, -0.25) is 9.98 Å². The number of para-hydroxylation sites is 2. The van der Waals surface area contributed by atoms with Gasteiger partial charge in [-0.2, -0.15) is 0 Å². The topological polar surface area (TPSA) is 25.2 Å². The van der Waals surface area contributed by atoms with E-state index in [-0.39, 0.29) is 0 Å². The van der Waals surface area contributed by atoms with E-state index in [2.05, 4.69) is 222 Å². The van der Waals surface area contributed by atoms with Gasteiger partial charge in [-0.15, -0.1) is 0 Å². The zero-order valence-corrected chi connectivity index (χ0v) is 39.9. The van der Waals surface area contributed by atoms with E-state index < -0.39 is 0 Å². The van der Waals surface area contributed by atoms with E-state index in [1.807, 2.05) is 91.3 Å². The Morgan fingerprint density at radius 1 is 0.296 bits per heavy atom. The Morgan fingerprint density at radius 2 is 0.676 bits per heavy atom. The first-order valence-electron chi connectivity index (χ1n) is 24.4. The summed E-state index contributed by atoms with van der Waals surface area (Å²) in [5.74, 6) is 0. The van der Waals surface area contributed by atoms with E-state index in [0.29, 0.717) is 0 Å². The Bertz CT molecular complexity index is 3350. The maximum absolute atomic E-state index is 4.18. The van der Waals surface area contributed by atoms with Crippen LogP contribution in [-0.2, 0) is 12.8 Å². The summed E-state index contributed by atoms with van der Waals surface area (Å²) < 4.78 is 0. The number of fused-ring (bicyclic) bond motifs is 9. The Hall–Kier alpha value is -8.98. The minimum atomic E-state index is 1.01. The Balaban J connectivity index is 0.000000104. The highest BCUT2D eigenvalue weighted by Crippen LogP contribution is 2.35. The van der Waals surface area contributed by atoms with Gasteiger partial charge in [0.2, 0.25) is 0 Å². The van der Waals surface area contributed by atoms with E-state index in [0.717, 1.165) is 30.5 Å². The van der Waals surface area contributed by atoms with Crippen LogP contribution in [-0.4, -0.2) is 11.2 Å². The molecule has 2 heteroatoms. The van der Waals surface area contributed by atoms with Crippen molar-refractivity contribution in [3.8, 4) is 11.1 Å². The normalized spacial score (nSPS) is 11.4. The summed E-state index contributed by atoms with van der Waals surface area (Å²) in [6.45, 7) is 0. The van der Waals surface area contributed by atoms with Crippen LogP contribution >= 0.6 is 0 Å². The average Bonchev–Trinajstić information content (AvgIpc) is 4.24. The molecule has 1 aliphatic heterocycles. The number of rotatable bonds is 0. The maximum atomic E-state index is 4.18. The molecule has 342 valence electrons. The molecule has 12 aromatic rings. The summed E-state index contributed by atoms with van der Waals surface area (Å²) in [4.78, 5) is 8.36. The molecule has 0 saturated heterocycles. The minimum absolute atomic E-state index is 1.01. The van der Waals surface area contributed by atoms with Gasteiger partial charge < -0.3 is 0 Å². The molecule has 0 atom stereocenters. The highest BCUT2D eigenvalue weighted by molar-refractivity contribution is 5.98. The first kappa shape index (κ1) is 47.1. The summed E-state index contributed by atoms with van der Waals surface area (Å²) in [5.41, 5.74) is 9.30. The van der Waals surface area contributed by atoms with Crippen molar-refractivity contribution in [2.24, 2.45) is 4.99 Å². The van der Waals surface area contributed by atoms with Crippen LogP contribution in [0.1, 0.15) is 23.1 Å². The third-order valence-electron chi connectivity index (χ3n) is 12.4. The van der Waals surface area contributed by atoms with Crippen LogP contribution in [0.2, 0.25) is 0 Å². The molecule has 2 heterocycles. The Morgan fingerprint density at radius 3 is 1.15 bits per heavy atom. The number of hydrogen-bond donors (Lipinski definition) is 0. The number of benzene rings is 11. The van der Waals surface area contributed by atoms with Crippen molar-refractivity contribution < 1.29 is 0 Å². The van der Waals surface area contributed by atoms with Crippen LogP contribution in [0.15, 0.2) is 290 Å². The first-order valence-corrected chi connectivity index (χ1v) is 24.4.